The summed E-state index contributed by atoms with van der Waals surface area (Å²) < 4.78 is 19.7. The molecule has 45 heavy (non-hydrogen) atoms. The Kier molecular flexibility index (Phi) is 9.86. The molecular formula is C33H60N6O6. The zero-order valence-electron chi connectivity index (χ0n) is 30.6. The van der Waals surface area contributed by atoms with Gasteiger partial charge in [-0.05, 0) is 83.1 Å². The summed E-state index contributed by atoms with van der Waals surface area (Å²) in [5.41, 5.74) is -1.55. The van der Waals surface area contributed by atoms with E-state index in [1.165, 1.54) is 0 Å². The van der Waals surface area contributed by atoms with E-state index < -0.39 is 0 Å². The lowest BCUT2D eigenvalue weighted by molar-refractivity contribution is -0.275. The lowest BCUT2D eigenvalue weighted by atomic mass is 9.80. The molecule has 12 nitrogen and oxygen atoms in total. The number of ether oxygens (including phenoxy) is 3. The zero-order chi connectivity index (χ0) is 33.8. The summed E-state index contributed by atoms with van der Waals surface area (Å²) in [6.07, 6.45) is 3.97. The summed E-state index contributed by atoms with van der Waals surface area (Å²) in [5, 5.41) is 6.17. The Hall–Kier alpha value is -1.83. The Morgan fingerprint density at radius 3 is 0.733 bits per heavy atom. The van der Waals surface area contributed by atoms with Crippen LogP contribution in [-0.2, 0) is 14.5 Å². The quantitative estimate of drug-likeness (QED) is 0.329. The zero-order valence-corrected chi connectivity index (χ0v) is 30.6. The first-order chi connectivity index (χ1) is 20.5. The number of aromatic nitrogens is 3. The second-order valence-corrected chi connectivity index (χ2v) is 16.9. The highest BCUT2D eigenvalue weighted by Gasteiger charge is 2.50. The van der Waals surface area contributed by atoms with Crippen molar-refractivity contribution in [3.05, 3.63) is 0 Å². The van der Waals surface area contributed by atoms with Gasteiger partial charge in [-0.3, -0.25) is 0 Å². The fourth-order valence-corrected chi connectivity index (χ4v) is 9.17. The van der Waals surface area contributed by atoms with Crippen LogP contribution in [0.2, 0.25) is 0 Å². The van der Waals surface area contributed by atoms with E-state index in [0.29, 0.717) is 0 Å². The van der Waals surface area contributed by atoms with Crippen molar-refractivity contribution in [2.45, 2.75) is 173 Å². The van der Waals surface area contributed by atoms with E-state index in [4.69, 9.17) is 43.7 Å². The van der Waals surface area contributed by atoms with Crippen LogP contribution in [0.25, 0.3) is 0 Å². The molecule has 1 aromatic heterocycles. The molecule has 4 heterocycles. The number of piperidine rings is 3. The summed E-state index contributed by atoms with van der Waals surface area (Å²) >= 11 is 0. The molecule has 3 saturated heterocycles. The Balaban J connectivity index is 1.64. The summed E-state index contributed by atoms with van der Waals surface area (Å²) in [5.74, 6) is 0. The van der Waals surface area contributed by atoms with E-state index in [2.05, 4.69) is 98.3 Å². The number of hydrogen-bond acceptors (Lipinski definition) is 12. The molecule has 0 amide bonds. The largest absolute Gasteiger partial charge is 0.460 e. The smallest absolute Gasteiger partial charge is 0.326 e. The SMILES string of the molecule is CON1C(C)(C)CC(Oc2nc(OC3CC(C)(C)N(OC)C(C)(C)C3)nc(OC3CC(C)(C)N(OC)C(C)(C)C3)n2)CC1(C)C. The lowest BCUT2D eigenvalue weighted by Gasteiger charge is -2.53. The van der Waals surface area contributed by atoms with Crippen LogP contribution < -0.4 is 14.2 Å². The van der Waals surface area contributed by atoms with E-state index in [1.54, 1.807) is 21.3 Å². The fourth-order valence-electron chi connectivity index (χ4n) is 9.17. The van der Waals surface area contributed by atoms with Gasteiger partial charge in [0.2, 0.25) is 0 Å². The molecule has 4 rings (SSSR count). The van der Waals surface area contributed by atoms with Crippen molar-refractivity contribution in [2.24, 2.45) is 0 Å². The van der Waals surface area contributed by atoms with Gasteiger partial charge in [-0.2, -0.15) is 15.2 Å². The minimum absolute atomic E-state index is 0.143. The van der Waals surface area contributed by atoms with Crippen LogP contribution in [-0.4, -0.2) is 103 Å². The van der Waals surface area contributed by atoms with Gasteiger partial charge in [-0.15, -0.1) is 15.0 Å². The van der Waals surface area contributed by atoms with E-state index in [9.17, 15) is 0 Å². The molecule has 3 aliphatic heterocycles. The van der Waals surface area contributed by atoms with Gasteiger partial charge >= 0.3 is 18.0 Å². The Morgan fingerprint density at radius 2 is 0.578 bits per heavy atom. The first-order valence-corrected chi connectivity index (χ1v) is 16.3. The highest BCUT2D eigenvalue weighted by atomic mass is 16.7. The van der Waals surface area contributed by atoms with Gasteiger partial charge in [0.15, 0.2) is 0 Å². The molecule has 0 N–H and O–H groups in total. The van der Waals surface area contributed by atoms with E-state index >= 15 is 0 Å². The topological polar surface area (TPSA) is 104 Å². The maximum atomic E-state index is 6.55. The lowest BCUT2D eigenvalue weighted by Crippen LogP contribution is -2.62. The molecule has 0 aliphatic carbocycles. The van der Waals surface area contributed by atoms with Crippen LogP contribution in [0, 0.1) is 0 Å². The molecule has 258 valence electrons. The predicted molar refractivity (Wildman–Crippen MR) is 172 cm³/mol. The Morgan fingerprint density at radius 1 is 0.400 bits per heavy atom. The summed E-state index contributed by atoms with van der Waals surface area (Å²) in [7, 11) is 5.18. The van der Waals surface area contributed by atoms with Crippen LogP contribution >= 0.6 is 0 Å². The van der Waals surface area contributed by atoms with Crippen molar-refractivity contribution in [2.75, 3.05) is 21.3 Å². The van der Waals surface area contributed by atoms with Gasteiger partial charge in [0.05, 0.1) is 21.3 Å². The average Bonchev–Trinajstić information content (AvgIpc) is 2.79. The molecule has 0 bridgehead atoms. The van der Waals surface area contributed by atoms with Gasteiger partial charge in [-0.25, -0.2) is 0 Å². The van der Waals surface area contributed by atoms with Crippen molar-refractivity contribution < 1.29 is 28.7 Å². The summed E-state index contributed by atoms with van der Waals surface area (Å²) in [6, 6.07) is 0.620. The van der Waals surface area contributed by atoms with Gasteiger partial charge in [0.25, 0.3) is 0 Å². The van der Waals surface area contributed by atoms with Crippen LogP contribution in [0.4, 0.5) is 0 Å². The fraction of sp³-hybridized carbons (Fsp3) is 0.909. The third kappa shape index (κ3) is 7.67. The maximum Gasteiger partial charge on any atom is 0.326 e. The Bertz CT molecular complexity index is 979. The minimum atomic E-state index is -0.258. The standard InChI is InChI=1S/C33H60N6O6/c1-28(2)16-22(17-29(3,4)37(28)40-13)43-25-34-26(44-23-18-30(5,6)38(41-14)31(7,8)19-23)36-27(35-25)45-24-20-32(9,10)39(42-15)33(11,12)21-24/h22-24H,16-21H2,1-15H3. The van der Waals surface area contributed by atoms with Crippen LogP contribution in [0.3, 0.4) is 0 Å². The van der Waals surface area contributed by atoms with Crippen molar-refractivity contribution in [1.82, 2.24) is 30.1 Å². The molecule has 3 aliphatic rings. The highest BCUT2D eigenvalue weighted by molar-refractivity contribution is 5.13. The van der Waals surface area contributed by atoms with Crippen LogP contribution in [0.5, 0.6) is 18.0 Å². The van der Waals surface area contributed by atoms with Crippen molar-refractivity contribution in [3.63, 3.8) is 0 Å². The van der Waals surface area contributed by atoms with Crippen LogP contribution in [0.1, 0.15) is 122 Å². The van der Waals surface area contributed by atoms with Crippen molar-refractivity contribution in [3.8, 4) is 18.0 Å². The molecule has 1 aromatic rings. The second kappa shape index (κ2) is 12.3. The number of rotatable bonds is 9. The monoisotopic (exact) mass is 636 g/mol. The van der Waals surface area contributed by atoms with Crippen LogP contribution in [0.15, 0.2) is 0 Å². The third-order valence-electron chi connectivity index (χ3n) is 9.60. The molecule has 0 atom stereocenters. The summed E-state index contributed by atoms with van der Waals surface area (Å²) in [4.78, 5) is 31.5. The number of hydroxylamine groups is 6. The minimum Gasteiger partial charge on any atom is -0.460 e. The predicted octanol–water partition coefficient (Wildman–Crippen LogP) is 5.76. The molecule has 3 fully saturated rings. The normalized spacial score (nSPS) is 27.3. The first kappa shape index (κ1) is 36.0. The highest BCUT2D eigenvalue weighted by Crippen LogP contribution is 2.43. The number of hydrogen-bond donors (Lipinski definition) is 0. The first-order valence-electron chi connectivity index (χ1n) is 16.3. The molecule has 0 radical (unpaired) electrons. The molecule has 0 unspecified atom stereocenters. The van der Waals surface area contributed by atoms with E-state index in [-0.39, 0.29) is 69.6 Å². The van der Waals surface area contributed by atoms with Gasteiger partial charge in [0.1, 0.15) is 18.3 Å². The number of nitrogens with zero attached hydrogens (tertiary/aromatic N) is 6. The third-order valence-corrected chi connectivity index (χ3v) is 9.60. The molecule has 12 heteroatoms. The average molecular weight is 637 g/mol. The van der Waals surface area contributed by atoms with Gasteiger partial charge in [-0.1, -0.05) is 0 Å². The van der Waals surface area contributed by atoms with Gasteiger partial charge < -0.3 is 28.7 Å². The second-order valence-electron chi connectivity index (χ2n) is 16.9. The van der Waals surface area contributed by atoms with Crippen molar-refractivity contribution >= 4 is 0 Å². The Labute approximate surface area is 271 Å². The summed E-state index contributed by atoms with van der Waals surface area (Å²) in [6.45, 7) is 26.0. The van der Waals surface area contributed by atoms with Crippen molar-refractivity contribution in [1.29, 1.82) is 0 Å². The van der Waals surface area contributed by atoms with E-state index in [1.807, 2.05) is 0 Å². The molecular weight excluding hydrogens is 576 g/mol. The van der Waals surface area contributed by atoms with Gasteiger partial charge in [0, 0.05) is 71.8 Å². The molecule has 0 saturated carbocycles. The molecule has 0 spiro atoms. The molecule has 0 aromatic carbocycles. The maximum absolute atomic E-state index is 6.55. The van der Waals surface area contributed by atoms with E-state index in [0.717, 1.165) is 38.5 Å².